The number of carbonyl (C=O) groups excluding carboxylic acids is 1. The Morgan fingerprint density at radius 1 is 1.15 bits per heavy atom. The normalized spacial score (nSPS) is 10.4. The molecule has 0 fully saturated rings. The van der Waals surface area contributed by atoms with Gasteiger partial charge in [0, 0.05) is 35.6 Å². The molecule has 0 aliphatic heterocycles. The van der Waals surface area contributed by atoms with Crippen molar-refractivity contribution in [2.45, 2.75) is 6.54 Å². The summed E-state index contributed by atoms with van der Waals surface area (Å²) in [6.45, 7) is 0.811. The molecule has 1 amide bonds. The zero-order chi connectivity index (χ0) is 18.5. The summed E-state index contributed by atoms with van der Waals surface area (Å²) >= 11 is 9.30. The van der Waals surface area contributed by atoms with Crippen LogP contribution in [0.1, 0.15) is 15.9 Å². The van der Waals surface area contributed by atoms with Crippen molar-refractivity contribution < 1.29 is 4.79 Å². The Morgan fingerprint density at radius 3 is 2.54 bits per heavy atom. The first-order valence-corrected chi connectivity index (χ1v) is 9.17. The summed E-state index contributed by atoms with van der Waals surface area (Å²) < 4.78 is 0.699. The van der Waals surface area contributed by atoms with E-state index in [1.54, 1.807) is 12.3 Å². The molecule has 0 spiro atoms. The number of anilines is 2. The zero-order valence-corrected chi connectivity index (χ0v) is 16.5. The van der Waals surface area contributed by atoms with Gasteiger partial charge in [-0.3, -0.25) is 4.79 Å². The van der Waals surface area contributed by atoms with Crippen molar-refractivity contribution in [3.63, 3.8) is 0 Å². The summed E-state index contributed by atoms with van der Waals surface area (Å²) in [6, 6.07) is 19.6. The first kappa shape index (κ1) is 18.4. The molecule has 1 aromatic heterocycles. The molecule has 0 aliphatic carbocycles. The summed E-state index contributed by atoms with van der Waals surface area (Å²) in [7, 11) is 2.04. The molecule has 4 nitrogen and oxygen atoms in total. The molecule has 0 atom stereocenters. The minimum Gasteiger partial charge on any atom is -0.370 e. The quantitative estimate of drug-likeness (QED) is 0.552. The van der Waals surface area contributed by atoms with Crippen LogP contribution >= 0.6 is 27.5 Å². The molecule has 0 radical (unpaired) electrons. The highest BCUT2D eigenvalue weighted by atomic mass is 79.9. The molecule has 0 unspecified atom stereocenters. The number of hydrogen-bond donors (Lipinski definition) is 1. The van der Waals surface area contributed by atoms with Crippen molar-refractivity contribution >= 4 is 44.8 Å². The van der Waals surface area contributed by atoms with Gasteiger partial charge in [-0.2, -0.15) is 0 Å². The Labute approximate surface area is 166 Å². The van der Waals surface area contributed by atoms with E-state index in [1.165, 1.54) is 5.56 Å². The van der Waals surface area contributed by atoms with Gasteiger partial charge < -0.3 is 10.2 Å². The van der Waals surface area contributed by atoms with Crippen molar-refractivity contribution in [1.29, 1.82) is 0 Å². The van der Waals surface area contributed by atoms with Gasteiger partial charge in [-0.15, -0.1) is 0 Å². The molecule has 0 aliphatic rings. The Morgan fingerprint density at radius 2 is 1.85 bits per heavy atom. The first-order valence-electron chi connectivity index (χ1n) is 8.00. The van der Waals surface area contributed by atoms with E-state index in [-0.39, 0.29) is 11.1 Å². The fourth-order valence-electron chi connectivity index (χ4n) is 2.53. The van der Waals surface area contributed by atoms with Crippen LogP contribution in [0.2, 0.25) is 5.15 Å². The molecule has 1 N–H and O–H groups in total. The van der Waals surface area contributed by atoms with Gasteiger partial charge in [-0.05, 0) is 51.8 Å². The standard InChI is InChI=1S/C20H17BrClN3O/c1-25(13-14-5-3-2-4-6-14)17-9-7-16(8-10-17)24-20(26)18-11-15(21)12-23-19(18)22/h2-12H,13H2,1H3,(H,24,26). The van der Waals surface area contributed by atoms with Crippen LogP contribution in [0.25, 0.3) is 0 Å². The number of halogens is 2. The molecule has 0 saturated heterocycles. The largest absolute Gasteiger partial charge is 0.370 e. The summed E-state index contributed by atoms with van der Waals surface area (Å²) in [5.41, 5.74) is 3.33. The lowest BCUT2D eigenvalue weighted by Crippen LogP contribution is -2.16. The summed E-state index contributed by atoms with van der Waals surface area (Å²) in [4.78, 5) is 18.5. The molecule has 1 heterocycles. The number of carbonyl (C=O) groups is 1. The average molecular weight is 431 g/mol. The van der Waals surface area contributed by atoms with Crippen LogP contribution in [0.3, 0.4) is 0 Å². The lowest BCUT2D eigenvalue weighted by Gasteiger charge is -2.20. The Bertz CT molecular complexity index is 901. The lowest BCUT2D eigenvalue weighted by atomic mass is 10.2. The molecule has 0 saturated carbocycles. The van der Waals surface area contributed by atoms with Crippen LogP contribution in [0.15, 0.2) is 71.3 Å². The van der Waals surface area contributed by atoms with Crippen LogP contribution in [-0.2, 0) is 6.54 Å². The number of nitrogens with zero attached hydrogens (tertiary/aromatic N) is 2. The fourth-order valence-corrected chi connectivity index (χ4v) is 3.05. The maximum atomic E-state index is 12.4. The number of pyridine rings is 1. The third-order valence-electron chi connectivity index (χ3n) is 3.88. The maximum absolute atomic E-state index is 12.4. The van der Waals surface area contributed by atoms with E-state index in [9.17, 15) is 4.79 Å². The van der Waals surface area contributed by atoms with Gasteiger partial charge in [0.25, 0.3) is 5.91 Å². The van der Waals surface area contributed by atoms with Gasteiger partial charge in [-0.1, -0.05) is 41.9 Å². The topological polar surface area (TPSA) is 45.2 Å². The highest BCUT2D eigenvalue weighted by molar-refractivity contribution is 9.10. The maximum Gasteiger partial charge on any atom is 0.258 e. The third-order valence-corrected chi connectivity index (χ3v) is 4.61. The summed E-state index contributed by atoms with van der Waals surface area (Å²) in [5, 5.41) is 3.01. The number of aromatic nitrogens is 1. The molecule has 3 rings (SSSR count). The number of rotatable bonds is 5. The van der Waals surface area contributed by atoms with E-state index in [4.69, 9.17) is 11.6 Å². The lowest BCUT2D eigenvalue weighted by molar-refractivity contribution is 0.102. The van der Waals surface area contributed by atoms with E-state index in [2.05, 4.69) is 43.3 Å². The second-order valence-electron chi connectivity index (χ2n) is 5.83. The number of nitrogens with one attached hydrogen (secondary N) is 1. The second-order valence-corrected chi connectivity index (χ2v) is 7.11. The highest BCUT2D eigenvalue weighted by Crippen LogP contribution is 2.22. The van der Waals surface area contributed by atoms with Crippen LogP contribution in [-0.4, -0.2) is 17.9 Å². The fraction of sp³-hybridized carbons (Fsp3) is 0.100. The van der Waals surface area contributed by atoms with Gasteiger partial charge >= 0.3 is 0 Å². The molecule has 6 heteroatoms. The van der Waals surface area contributed by atoms with E-state index >= 15 is 0 Å². The number of hydrogen-bond acceptors (Lipinski definition) is 3. The van der Waals surface area contributed by atoms with Gasteiger partial charge in [0.2, 0.25) is 0 Å². The Hall–Kier alpha value is -2.37. The van der Waals surface area contributed by atoms with Crippen molar-refractivity contribution in [2.75, 3.05) is 17.3 Å². The van der Waals surface area contributed by atoms with Crippen molar-refractivity contribution in [3.8, 4) is 0 Å². The van der Waals surface area contributed by atoms with Gasteiger partial charge in [0.1, 0.15) is 5.15 Å². The molecule has 2 aromatic carbocycles. The van der Waals surface area contributed by atoms with E-state index < -0.39 is 0 Å². The number of benzene rings is 2. The predicted octanol–water partition coefficient (Wildman–Crippen LogP) is 5.39. The van der Waals surface area contributed by atoms with Gasteiger partial charge in [0.05, 0.1) is 5.56 Å². The minimum absolute atomic E-state index is 0.171. The SMILES string of the molecule is CN(Cc1ccccc1)c1ccc(NC(=O)c2cc(Br)cnc2Cl)cc1. The minimum atomic E-state index is -0.297. The van der Waals surface area contributed by atoms with Crippen LogP contribution in [0.4, 0.5) is 11.4 Å². The van der Waals surface area contributed by atoms with E-state index in [0.29, 0.717) is 15.7 Å². The molecule has 132 valence electrons. The Kier molecular flexibility index (Phi) is 5.91. The van der Waals surface area contributed by atoms with Crippen LogP contribution in [0.5, 0.6) is 0 Å². The molecule has 3 aromatic rings. The van der Waals surface area contributed by atoms with E-state index in [1.807, 2.05) is 49.5 Å². The second kappa shape index (κ2) is 8.34. The number of amides is 1. The first-order chi connectivity index (χ1) is 12.5. The average Bonchev–Trinajstić information content (AvgIpc) is 2.65. The smallest absolute Gasteiger partial charge is 0.258 e. The molecule has 0 bridgehead atoms. The van der Waals surface area contributed by atoms with Crippen LogP contribution < -0.4 is 10.2 Å². The highest BCUT2D eigenvalue weighted by Gasteiger charge is 2.12. The van der Waals surface area contributed by atoms with Crippen molar-refractivity contribution in [2.24, 2.45) is 0 Å². The summed E-state index contributed by atoms with van der Waals surface area (Å²) in [6.07, 6.45) is 1.55. The molecular weight excluding hydrogens is 414 g/mol. The third kappa shape index (κ3) is 4.62. The molecule has 26 heavy (non-hydrogen) atoms. The Balaban J connectivity index is 1.67. The van der Waals surface area contributed by atoms with Crippen molar-refractivity contribution in [1.82, 2.24) is 4.98 Å². The molecular formula is C20H17BrClN3O. The van der Waals surface area contributed by atoms with Crippen molar-refractivity contribution in [3.05, 3.63) is 87.6 Å². The van der Waals surface area contributed by atoms with E-state index in [0.717, 1.165) is 12.2 Å². The zero-order valence-electron chi connectivity index (χ0n) is 14.1. The van der Waals surface area contributed by atoms with Gasteiger partial charge in [0.15, 0.2) is 0 Å². The summed E-state index contributed by atoms with van der Waals surface area (Å²) in [5.74, 6) is -0.297. The van der Waals surface area contributed by atoms with Crippen LogP contribution in [0, 0.1) is 0 Å². The van der Waals surface area contributed by atoms with Gasteiger partial charge in [-0.25, -0.2) is 4.98 Å². The predicted molar refractivity (Wildman–Crippen MR) is 110 cm³/mol. The monoisotopic (exact) mass is 429 g/mol.